The van der Waals surface area contributed by atoms with E-state index < -0.39 is 0 Å². The van der Waals surface area contributed by atoms with Gasteiger partial charge in [0, 0.05) is 11.3 Å². The second-order valence-corrected chi connectivity index (χ2v) is 3.74. The fourth-order valence-corrected chi connectivity index (χ4v) is 1.75. The minimum Gasteiger partial charge on any atom is -0.281 e. The molecular weight excluding hydrogens is 171 g/mol. The quantitative estimate of drug-likeness (QED) is 0.448. The van der Waals surface area contributed by atoms with E-state index in [1.165, 1.54) is 0 Å². The van der Waals surface area contributed by atoms with Crippen molar-refractivity contribution in [3.05, 3.63) is 0 Å². The second kappa shape index (κ2) is 3.59. The van der Waals surface area contributed by atoms with E-state index in [0.717, 1.165) is 25.7 Å². The van der Waals surface area contributed by atoms with Crippen molar-refractivity contribution in [2.75, 3.05) is 0 Å². The van der Waals surface area contributed by atoms with Crippen molar-refractivity contribution in [3.63, 3.8) is 0 Å². The van der Waals surface area contributed by atoms with E-state index >= 15 is 0 Å². The van der Waals surface area contributed by atoms with E-state index in [9.17, 15) is 4.79 Å². The number of carbonyl (C=O) groups is 1. The average molecular weight is 181 g/mol. The Labute approximate surface area is 70.7 Å². The van der Waals surface area contributed by atoms with Crippen molar-refractivity contribution in [1.82, 2.24) is 0 Å². The third-order valence-electron chi connectivity index (χ3n) is 1.98. The summed E-state index contributed by atoms with van der Waals surface area (Å²) in [6, 6.07) is 0. The lowest BCUT2D eigenvalue weighted by Gasteiger charge is -2.21. The molecule has 0 heterocycles. The molecule has 0 saturated heterocycles. The minimum atomic E-state index is -0.191. The molecule has 1 fully saturated rings. The van der Waals surface area contributed by atoms with Gasteiger partial charge in [-0.3, -0.25) is 4.79 Å². The first kappa shape index (κ1) is 8.35. The summed E-state index contributed by atoms with van der Waals surface area (Å²) >= 11 is 11.2. The Morgan fingerprint density at radius 3 is 2.10 bits per heavy atom. The van der Waals surface area contributed by atoms with E-state index in [2.05, 4.69) is 0 Å². The van der Waals surface area contributed by atoms with Gasteiger partial charge in [-0.25, -0.2) is 0 Å². The van der Waals surface area contributed by atoms with Gasteiger partial charge in [0.1, 0.15) is 0 Å². The summed E-state index contributed by atoms with van der Waals surface area (Å²) in [7, 11) is 0. The average Bonchev–Trinajstić information content (AvgIpc) is 1.88. The first-order valence-corrected chi connectivity index (χ1v) is 4.35. The zero-order valence-electron chi connectivity index (χ0n) is 5.65. The molecule has 1 aliphatic rings. The molecule has 1 saturated carbocycles. The fraction of sp³-hybridized carbons (Fsp3) is 0.857. The summed E-state index contributed by atoms with van der Waals surface area (Å²) in [5, 5.41) is 0.0795. The van der Waals surface area contributed by atoms with Crippen LogP contribution in [0.2, 0.25) is 0 Å². The molecule has 0 spiro atoms. The Morgan fingerprint density at radius 2 is 1.70 bits per heavy atom. The topological polar surface area (TPSA) is 17.1 Å². The monoisotopic (exact) mass is 180 g/mol. The molecule has 0 atom stereocenters. The summed E-state index contributed by atoms with van der Waals surface area (Å²) in [6.45, 7) is 0. The lowest BCUT2D eigenvalue weighted by atomic mass is 9.90. The molecule has 0 N–H and O–H groups in total. The van der Waals surface area contributed by atoms with Gasteiger partial charge in [0.15, 0.2) is 0 Å². The van der Waals surface area contributed by atoms with E-state index in [1.54, 1.807) is 0 Å². The van der Waals surface area contributed by atoms with Crippen LogP contribution in [0, 0.1) is 5.92 Å². The lowest BCUT2D eigenvalue weighted by molar-refractivity contribution is -0.115. The minimum absolute atomic E-state index is 0.0802. The number of carbonyl (C=O) groups excluding carboxylic acids is 1. The SMILES string of the molecule is O=C(Cl)C1CCC(Cl)CC1. The first-order valence-electron chi connectivity index (χ1n) is 3.53. The van der Waals surface area contributed by atoms with Crippen LogP contribution in [0.15, 0.2) is 0 Å². The standard InChI is InChI=1S/C7H10Cl2O/c8-6-3-1-5(2-4-6)7(9)10/h5-6H,1-4H2. The summed E-state index contributed by atoms with van der Waals surface area (Å²) in [6.07, 6.45) is 3.61. The van der Waals surface area contributed by atoms with Gasteiger partial charge in [-0.1, -0.05) is 0 Å². The maximum absolute atomic E-state index is 10.6. The smallest absolute Gasteiger partial charge is 0.224 e. The van der Waals surface area contributed by atoms with Crippen LogP contribution in [0.25, 0.3) is 0 Å². The van der Waals surface area contributed by atoms with Gasteiger partial charge in [0.05, 0.1) is 0 Å². The molecule has 3 heteroatoms. The molecule has 0 radical (unpaired) electrons. The van der Waals surface area contributed by atoms with Crippen molar-refractivity contribution < 1.29 is 4.79 Å². The highest BCUT2D eigenvalue weighted by molar-refractivity contribution is 6.64. The zero-order chi connectivity index (χ0) is 7.56. The van der Waals surface area contributed by atoms with Crippen molar-refractivity contribution in [2.45, 2.75) is 31.1 Å². The number of halogens is 2. The molecule has 58 valence electrons. The highest BCUT2D eigenvalue weighted by atomic mass is 35.5. The van der Waals surface area contributed by atoms with Gasteiger partial charge in [-0.2, -0.15) is 0 Å². The van der Waals surface area contributed by atoms with Crippen LogP contribution in [-0.4, -0.2) is 10.6 Å². The van der Waals surface area contributed by atoms with Crippen LogP contribution < -0.4 is 0 Å². The fourth-order valence-electron chi connectivity index (χ4n) is 1.28. The molecule has 0 bridgehead atoms. The van der Waals surface area contributed by atoms with Gasteiger partial charge in [0.25, 0.3) is 0 Å². The van der Waals surface area contributed by atoms with Gasteiger partial charge < -0.3 is 0 Å². The van der Waals surface area contributed by atoms with Crippen LogP contribution in [0.5, 0.6) is 0 Å². The van der Waals surface area contributed by atoms with E-state index in [1.807, 2.05) is 0 Å². The summed E-state index contributed by atoms with van der Waals surface area (Å²) < 4.78 is 0. The molecule has 0 aromatic carbocycles. The first-order chi connectivity index (χ1) is 4.70. The normalized spacial score (nSPS) is 33.8. The van der Waals surface area contributed by atoms with Crippen LogP contribution in [0.1, 0.15) is 25.7 Å². The van der Waals surface area contributed by atoms with Crippen molar-refractivity contribution in [2.24, 2.45) is 5.92 Å². The number of rotatable bonds is 1. The molecule has 0 aromatic rings. The predicted molar refractivity (Wildman–Crippen MR) is 42.5 cm³/mol. The van der Waals surface area contributed by atoms with E-state index in [4.69, 9.17) is 23.2 Å². The highest BCUT2D eigenvalue weighted by Crippen LogP contribution is 2.28. The van der Waals surface area contributed by atoms with Gasteiger partial charge in [-0.15, -0.1) is 11.6 Å². The molecular formula is C7H10Cl2O. The maximum atomic E-state index is 10.6. The largest absolute Gasteiger partial charge is 0.281 e. The van der Waals surface area contributed by atoms with Crippen molar-refractivity contribution >= 4 is 28.4 Å². The molecule has 1 rings (SSSR count). The van der Waals surface area contributed by atoms with Gasteiger partial charge in [-0.05, 0) is 37.3 Å². The van der Waals surface area contributed by atoms with Gasteiger partial charge >= 0.3 is 0 Å². The molecule has 10 heavy (non-hydrogen) atoms. The van der Waals surface area contributed by atoms with Gasteiger partial charge in [0.2, 0.25) is 5.24 Å². The second-order valence-electron chi connectivity index (χ2n) is 2.75. The highest BCUT2D eigenvalue weighted by Gasteiger charge is 2.23. The Hall–Kier alpha value is 0.250. The summed E-state index contributed by atoms with van der Waals surface area (Å²) in [5.41, 5.74) is 0. The maximum Gasteiger partial charge on any atom is 0.224 e. The predicted octanol–water partition coefficient (Wildman–Crippen LogP) is 2.55. The zero-order valence-corrected chi connectivity index (χ0v) is 7.16. The molecule has 1 nitrogen and oxygen atoms in total. The van der Waals surface area contributed by atoms with Crippen molar-refractivity contribution in [3.8, 4) is 0 Å². The molecule has 0 unspecified atom stereocenters. The van der Waals surface area contributed by atoms with Crippen LogP contribution in [0.3, 0.4) is 0 Å². The lowest BCUT2D eigenvalue weighted by Crippen LogP contribution is -2.18. The molecule has 0 aliphatic heterocycles. The third-order valence-corrected chi connectivity index (χ3v) is 2.72. The Kier molecular flexibility index (Phi) is 2.99. The Morgan fingerprint density at radius 1 is 1.20 bits per heavy atom. The number of hydrogen-bond acceptors (Lipinski definition) is 1. The summed E-state index contributed by atoms with van der Waals surface area (Å²) in [5.74, 6) is 0.0802. The van der Waals surface area contributed by atoms with E-state index in [-0.39, 0.29) is 16.5 Å². The van der Waals surface area contributed by atoms with Crippen molar-refractivity contribution in [1.29, 1.82) is 0 Å². The van der Waals surface area contributed by atoms with Crippen LogP contribution in [-0.2, 0) is 4.79 Å². The Balaban J connectivity index is 2.33. The number of hydrogen-bond donors (Lipinski definition) is 0. The molecule has 0 amide bonds. The van der Waals surface area contributed by atoms with E-state index in [0.29, 0.717) is 0 Å². The number of alkyl halides is 1. The van der Waals surface area contributed by atoms with Crippen LogP contribution in [0.4, 0.5) is 0 Å². The summed E-state index contributed by atoms with van der Waals surface area (Å²) in [4.78, 5) is 10.6. The molecule has 0 aromatic heterocycles. The Bertz CT molecular complexity index is 128. The van der Waals surface area contributed by atoms with Crippen LogP contribution >= 0.6 is 23.2 Å². The molecule has 1 aliphatic carbocycles. The third kappa shape index (κ3) is 2.14.